The Bertz CT molecular complexity index is 1760. The number of hydrogen-bond donors (Lipinski definition) is 3. The Morgan fingerprint density at radius 1 is 0.962 bits per heavy atom. The van der Waals surface area contributed by atoms with Crippen molar-refractivity contribution in [2.45, 2.75) is 84.2 Å². The van der Waals surface area contributed by atoms with Crippen LogP contribution in [0.4, 0.5) is 40.0 Å². The molecule has 2 unspecified atom stereocenters. The maximum Gasteiger partial charge on any atom is 0.414 e. The Hall–Kier alpha value is -4.64. The highest BCUT2D eigenvalue weighted by atomic mass is 19.4. The van der Waals surface area contributed by atoms with Crippen molar-refractivity contribution in [3.63, 3.8) is 0 Å². The third kappa shape index (κ3) is 11.2. The van der Waals surface area contributed by atoms with E-state index in [4.69, 9.17) is 18.6 Å². The molecule has 5 rings (SSSR count). The summed E-state index contributed by atoms with van der Waals surface area (Å²) in [5, 5.41) is 7.83. The molecule has 2 saturated heterocycles. The first kappa shape index (κ1) is 39.6. The zero-order chi connectivity index (χ0) is 38.6. The molecule has 0 radical (unpaired) electrons. The largest absolute Gasteiger partial charge is 0.444 e. The van der Waals surface area contributed by atoms with Crippen molar-refractivity contribution in [1.29, 1.82) is 0 Å². The summed E-state index contributed by atoms with van der Waals surface area (Å²) in [7, 11) is 0. The number of alkyl halides is 3. The van der Waals surface area contributed by atoms with Gasteiger partial charge in [0.05, 0.1) is 42.7 Å². The number of carbonyl (C=O) groups is 3. The van der Waals surface area contributed by atoms with Crippen LogP contribution in [0, 0.1) is 5.92 Å². The number of furan rings is 1. The van der Waals surface area contributed by atoms with Crippen molar-refractivity contribution in [3.8, 4) is 0 Å². The normalized spacial score (nSPS) is 18.8. The number of pyridine rings is 2. The first-order chi connectivity index (χ1) is 24.8. The van der Waals surface area contributed by atoms with Crippen LogP contribution in [0.3, 0.4) is 0 Å². The van der Waals surface area contributed by atoms with Gasteiger partial charge < -0.3 is 34.2 Å². The van der Waals surface area contributed by atoms with Gasteiger partial charge in [-0.05, 0) is 85.0 Å². The molecule has 0 spiro atoms. The van der Waals surface area contributed by atoms with Crippen LogP contribution in [0.5, 0.6) is 0 Å². The fraction of sp³-hybridized carbons (Fsp3) is 0.583. The van der Waals surface area contributed by atoms with Gasteiger partial charge in [-0.15, -0.1) is 0 Å². The number of alkyl carbamates (subject to hydrolysis) is 1. The number of rotatable bonds is 9. The van der Waals surface area contributed by atoms with Crippen molar-refractivity contribution in [2.75, 3.05) is 61.5 Å². The molecule has 290 valence electrons. The van der Waals surface area contributed by atoms with Crippen molar-refractivity contribution < 1.29 is 46.2 Å². The summed E-state index contributed by atoms with van der Waals surface area (Å²) in [6.45, 7) is 13.6. The number of morpholine rings is 1. The molecule has 53 heavy (non-hydrogen) atoms. The number of ether oxygens (including phenoxy) is 3. The van der Waals surface area contributed by atoms with E-state index in [1.54, 1.807) is 53.8 Å². The molecule has 0 saturated carbocycles. The number of amides is 3. The summed E-state index contributed by atoms with van der Waals surface area (Å²) < 4.78 is 64.6. The molecule has 2 aliphatic heterocycles. The van der Waals surface area contributed by atoms with Gasteiger partial charge in [0.1, 0.15) is 22.3 Å². The molecule has 3 aromatic rings. The minimum Gasteiger partial charge on any atom is -0.444 e. The SMILES string of the molecule is CC(C)(C)OC(=O)Nc1oc2cc(CCCN3CCOCC3)cnc2c1C(=O)Nc1cnccc1N1CC(NC(=O)OC(C)(C)C)CC(C(F)(F)F)C1. The van der Waals surface area contributed by atoms with Gasteiger partial charge in [0.15, 0.2) is 5.58 Å². The van der Waals surface area contributed by atoms with Crippen molar-refractivity contribution >= 4 is 46.5 Å². The number of halogens is 3. The average Bonchev–Trinajstić information content (AvgIpc) is 3.40. The van der Waals surface area contributed by atoms with E-state index >= 15 is 0 Å². The number of carbonyl (C=O) groups excluding carboxylic acids is 3. The van der Waals surface area contributed by atoms with E-state index in [2.05, 4.69) is 30.8 Å². The quantitative estimate of drug-likeness (QED) is 0.223. The summed E-state index contributed by atoms with van der Waals surface area (Å²) in [5.74, 6) is -2.76. The van der Waals surface area contributed by atoms with Crippen molar-refractivity contribution in [1.82, 2.24) is 20.2 Å². The lowest BCUT2D eigenvalue weighted by Gasteiger charge is -2.40. The molecule has 2 fully saturated rings. The third-order valence-electron chi connectivity index (χ3n) is 8.49. The smallest absolute Gasteiger partial charge is 0.414 e. The lowest BCUT2D eigenvalue weighted by atomic mass is 9.93. The minimum absolute atomic E-state index is 0.00529. The first-order valence-electron chi connectivity index (χ1n) is 17.6. The van der Waals surface area contributed by atoms with Gasteiger partial charge in [-0.25, -0.2) is 9.59 Å². The van der Waals surface area contributed by atoms with Gasteiger partial charge in [-0.1, -0.05) is 0 Å². The fourth-order valence-corrected chi connectivity index (χ4v) is 6.24. The Balaban J connectivity index is 1.41. The van der Waals surface area contributed by atoms with Gasteiger partial charge in [0.2, 0.25) is 5.88 Å². The van der Waals surface area contributed by atoms with Crippen LogP contribution in [0.15, 0.2) is 35.1 Å². The molecule has 5 heterocycles. The van der Waals surface area contributed by atoms with Crippen molar-refractivity contribution in [2.24, 2.45) is 5.92 Å². The number of fused-ring (bicyclic) bond motifs is 1. The molecule has 2 atom stereocenters. The summed E-state index contributed by atoms with van der Waals surface area (Å²) in [4.78, 5) is 51.9. The van der Waals surface area contributed by atoms with Crippen LogP contribution >= 0.6 is 0 Å². The summed E-state index contributed by atoms with van der Waals surface area (Å²) in [6.07, 6.45) is -0.729. The van der Waals surface area contributed by atoms with E-state index in [1.807, 2.05) is 0 Å². The predicted molar refractivity (Wildman–Crippen MR) is 191 cm³/mol. The Morgan fingerprint density at radius 3 is 2.34 bits per heavy atom. The fourth-order valence-electron chi connectivity index (χ4n) is 6.24. The van der Waals surface area contributed by atoms with Gasteiger partial charge >= 0.3 is 18.4 Å². The standard InChI is InChI=1S/C36H48F3N7O7/c1-34(2,3)52-32(48)42-24-17-23(36(37,38)39)20-46(21-24)26-9-10-40-19-25(26)43-30(47)28-29-27(51-31(28)44-33(49)53-35(4,5)6)16-22(18-41-29)8-7-11-45-12-14-50-15-13-45/h9-10,16,18-19,23-24H,7-8,11-15,17,20-21H2,1-6H3,(H,42,48)(H,43,47)(H,44,49). The Labute approximate surface area is 306 Å². The number of aryl methyl sites for hydroxylation is 1. The second-order valence-electron chi connectivity index (χ2n) is 15.3. The Kier molecular flexibility index (Phi) is 12.1. The van der Waals surface area contributed by atoms with E-state index in [1.165, 1.54) is 23.4 Å². The van der Waals surface area contributed by atoms with E-state index in [0.29, 0.717) is 19.6 Å². The van der Waals surface area contributed by atoms with Gasteiger partial charge in [0.25, 0.3) is 5.91 Å². The summed E-state index contributed by atoms with van der Waals surface area (Å²) in [6, 6.07) is 2.32. The molecule has 17 heteroatoms. The van der Waals surface area contributed by atoms with Crippen molar-refractivity contribution in [3.05, 3.63) is 41.9 Å². The zero-order valence-electron chi connectivity index (χ0n) is 30.9. The molecule has 0 aliphatic carbocycles. The number of anilines is 3. The molecule has 3 N–H and O–H groups in total. The topological polar surface area (TPSA) is 160 Å². The van der Waals surface area contributed by atoms with Crippen LogP contribution in [0.2, 0.25) is 0 Å². The van der Waals surface area contributed by atoms with Crippen LogP contribution in [0.1, 0.15) is 70.3 Å². The highest BCUT2D eigenvalue weighted by Gasteiger charge is 2.45. The van der Waals surface area contributed by atoms with E-state index < -0.39 is 54.0 Å². The molecule has 14 nitrogen and oxygen atoms in total. The van der Waals surface area contributed by atoms with Gasteiger partial charge in [-0.3, -0.25) is 25.0 Å². The highest BCUT2D eigenvalue weighted by molar-refractivity contribution is 6.16. The lowest BCUT2D eigenvalue weighted by molar-refractivity contribution is -0.177. The summed E-state index contributed by atoms with van der Waals surface area (Å²) >= 11 is 0. The maximum absolute atomic E-state index is 14.2. The molecular weight excluding hydrogens is 699 g/mol. The number of piperidine rings is 1. The van der Waals surface area contributed by atoms with Crippen LogP contribution in [-0.2, 0) is 20.6 Å². The first-order valence-corrected chi connectivity index (χ1v) is 17.6. The third-order valence-corrected chi connectivity index (χ3v) is 8.49. The molecule has 2 aliphatic rings. The number of nitrogens with one attached hydrogen (secondary N) is 3. The van der Waals surface area contributed by atoms with Gasteiger partial charge in [0, 0.05) is 38.6 Å². The second-order valence-corrected chi connectivity index (χ2v) is 15.3. The predicted octanol–water partition coefficient (Wildman–Crippen LogP) is 6.37. The minimum atomic E-state index is -4.56. The number of hydrogen-bond acceptors (Lipinski definition) is 11. The Morgan fingerprint density at radius 2 is 1.66 bits per heavy atom. The average molecular weight is 748 g/mol. The summed E-state index contributed by atoms with van der Waals surface area (Å²) in [5.41, 5.74) is -0.214. The second kappa shape index (κ2) is 16.2. The zero-order valence-corrected chi connectivity index (χ0v) is 30.9. The number of nitrogens with zero attached hydrogens (tertiary/aromatic N) is 4. The van der Waals surface area contributed by atoms with Gasteiger partial charge in [-0.2, -0.15) is 13.2 Å². The lowest BCUT2D eigenvalue weighted by Crippen LogP contribution is -2.54. The molecule has 3 amide bonds. The molecular formula is C36H48F3N7O7. The molecule has 0 aromatic carbocycles. The van der Waals surface area contributed by atoms with Crippen LogP contribution < -0.4 is 20.9 Å². The monoisotopic (exact) mass is 747 g/mol. The molecule has 0 bridgehead atoms. The van der Waals surface area contributed by atoms with E-state index in [-0.39, 0.29) is 46.9 Å². The number of aromatic nitrogens is 2. The van der Waals surface area contributed by atoms with E-state index in [9.17, 15) is 27.6 Å². The van der Waals surface area contributed by atoms with E-state index in [0.717, 1.165) is 31.6 Å². The molecule has 3 aromatic heterocycles. The van der Waals surface area contributed by atoms with Crippen LogP contribution in [0.25, 0.3) is 11.1 Å². The highest BCUT2D eigenvalue weighted by Crippen LogP contribution is 2.38. The van der Waals surface area contributed by atoms with Crippen LogP contribution in [-0.4, -0.2) is 102 Å². The maximum atomic E-state index is 14.2.